The molecular weight excluding hydrogens is 462 g/mol. The molecule has 0 amide bonds. The molecule has 2 aromatic heterocycles. The first-order valence-electron chi connectivity index (χ1n) is 11.9. The van der Waals surface area contributed by atoms with Crippen LogP contribution in [0, 0.1) is 17.0 Å². The summed E-state index contributed by atoms with van der Waals surface area (Å²) in [6.07, 6.45) is 2.59. The van der Waals surface area contributed by atoms with Gasteiger partial charge >= 0.3 is 5.69 Å². The van der Waals surface area contributed by atoms with E-state index in [9.17, 15) is 19.7 Å². The quantitative estimate of drug-likeness (QED) is 0.334. The summed E-state index contributed by atoms with van der Waals surface area (Å²) < 4.78 is 2.91. The Hall–Kier alpha value is -4.28. The van der Waals surface area contributed by atoms with E-state index in [1.807, 2.05) is 30.9 Å². The van der Waals surface area contributed by atoms with Gasteiger partial charge in [-0.05, 0) is 44.9 Å². The zero-order chi connectivity index (χ0) is 25.6. The molecule has 0 atom stereocenters. The van der Waals surface area contributed by atoms with E-state index in [-0.39, 0.29) is 23.0 Å². The van der Waals surface area contributed by atoms with Crippen LogP contribution in [0.2, 0.25) is 0 Å². The van der Waals surface area contributed by atoms with E-state index in [0.29, 0.717) is 65.8 Å². The summed E-state index contributed by atoms with van der Waals surface area (Å²) in [7, 11) is 1.69. The van der Waals surface area contributed by atoms with Gasteiger partial charge in [0, 0.05) is 44.2 Å². The first-order chi connectivity index (χ1) is 17.3. The second-order valence-electron chi connectivity index (χ2n) is 9.13. The van der Waals surface area contributed by atoms with E-state index in [1.165, 1.54) is 21.5 Å². The van der Waals surface area contributed by atoms with Gasteiger partial charge in [0.1, 0.15) is 17.8 Å². The lowest BCUT2D eigenvalue weighted by molar-refractivity contribution is -0.383. The van der Waals surface area contributed by atoms with Crippen LogP contribution in [0.3, 0.4) is 0 Å². The Bertz CT molecular complexity index is 1620. The summed E-state index contributed by atoms with van der Waals surface area (Å²) in [4.78, 5) is 48.5. The van der Waals surface area contributed by atoms with Crippen molar-refractivity contribution in [3.63, 3.8) is 0 Å². The van der Waals surface area contributed by atoms with Crippen molar-refractivity contribution in [3.05, 3.63) is 73.2 Å². The number of aryl methyl sites for hydroxylation is 2. The van der Waals surface area contributed by atoms with Gasteiger partial charge in [0.25, 0.3) is 11.2 Å². The van der Waals surface area contributed by atoms with E-state index in [2.05, 4.69) is 15.3 Å². The Balaban J connectivity index is 1.49. The fraction of sp³-hybridized carbons (Fsp3) is 0.360. The Morgan fingerprint density at radius 3 is 2.56 bits per heavy atom. The number of benzene rings is 2. The van der Waals surface area contributed by atoms with E-state index in [4.69, 9.17) is 0 Å². The van der Waals surface area contributed by atoms with Crippen LogP contribution in [0.5, 0.6) is 0 Å². The van der Waals surface area contributed by atoms with Gasteiger partial charge in [-0.3, -0.25) is 24.0 Å². The Labute approximate surface area is 206 Å². The van der Waals surface area contributed by atoms with E-state index >= 15 is 0 Å². The van der Waals surface area contributed by atoms with Crippen molar-refractivity contribution < 1.29 is 4.92 Å². The molecule has 11 heteroatoms. The first-order valence-corrected chi connectivity index (χ1v) is 11.9. The molecule has 11 nitrogen and oxygen atoms in total. The van der Waals surface area contributed by atoms with Crippen LogP contribution in [-0.4, -0.2) is 43.7 Å². The second kappa shape index (κ2) is 9.06. The molecule has 1 aliphatic heterocycles. The molecule has 1 N–H and O–H groups in total. The molecule has 0 radical (unpaired) electrons. The third-order valence-corrected chi connectivity index (χ3v) is 6.88. The summed E-state index contributed by atoms with van der Waals surface area (Å²) >= 11 is 0. The summed E-state index contributed by atoms with van der Waals surface area (Å²) in [5.41, 5.74) is 1.98. The molecule has 2 aromatic carbocycles. The first kappa shape index (κ1) is 23.5. The predicted molar refractivity (Wildman–Crippen MR) is 139 cm³/mol. The molecule has 3 heterocycles. The highest BCUT2D eigenvalue weighted by Gasteiger charge is 2.27. The fourth-order valence-corrected chi connectivity index (χ4v) is 5.07. The van der Waals surface area contributed by atoms with Crippen LogP contribution in [0.4, 0.5) is 17.2 Å². The van der Waals surface area contributed by atoms with Gasteiger partial charge in [-0.25, -0.2) is 14.8 Å². The lowest BCUT2D eigenvalue weighted by atomic mass is 10.0. The number of hydrogen-bond acceptors (Lipinski definition) is 8. The van der Waals surface area contributed by atoms with E-state index < -0.39 is 4.92 Å². The Kier molecular flexibility index (Phi) is 5.91. The molecule has 36 heavy (non-hydrogen) atoms. The number of piperidine rings is 1. The average Bonchev–Trinajstić information content (AvgIpc) is 2.87. The number of nitrogens with zero attached hydrogens (tertiary/aromatic N) is 6. The number of fused-ring (bicyclic) bond motifs is 2. The zero-order valence-electron chi connectivity index (χ0n) is 20.4. The second-order valence-corrected chi connectivity index (χ2v) is 9.13. The maximum atomic E-state index is 13.3. The molecule has 4 aromatic rings. The highest BCUT2D eigenvalue weighted by molar-refractivity contribution is 5.95. The summed E-state index contributed by atoms with van der Waals surface area (Å²) in [6, 6.07) is 8.46. The zero-order valence-corrected chi connectivity index (χ0v) is 20.4. The number of nitro benzene ring substituents is 1. The van der Waals surface area contributed by atoms with Crippen LogP contribution in [0.1, 0.15) is 31.4 Å². The summed E-state index contributed by atoms with van der Waals surface area (Å²) in [5.74, 6) is 0.610. The van der Waals surface area contributed by atoms with E-state index in [0.717, 1.165) is 5.56 Å². The number of nitrogens with one attached hydrogen (secondary N) is 1. The largest absolute Gasteiger partial charge is 0.380 e. The van der Waals surface area contributed by atoms with Gasteiger partial charge in [0.2, 0.25) is 0 Å². The molecule has 1 aliphatic rings. The maximum Gasteiger partial charge on any atom is 0.331 e. The number of hydrogen-bond donors (Lipinski definition) is 1. The molecule has 0 bridgehead atoms. The third-order valence-electron chi connectivity index (χ3n) is 6.88. The minimum atomic E-state index is -0.413. The lowest BCUT2D eigenvalue weighted by Gasteiger charge is -2.34. The molecule has 5 rings (SSSR count). The molecule has 1 fully saturated rings. The SMILES string of the molecule is CCNc1cc2ncnc(N3CCC(n4c(=O)c5cc(C)ccc5n(C)c4=O)CC3)c2cc1[N+](=O)[O-]. The van der Waals surface area contributed by atoms with Crippen molar-refractivity contribution >= 4 is 39.0 Å². The molecule has 0 saturated carbocycles. The normalized spacial score (nSPS) is 14.5. The van der Waals surface area contributed by atoms with Crippen molar-refractivity contribution in [1.82, 2.24) is 19.1 Å². The molecule has 0 unspecified atom stereocenters. The van der Waals surface area contributed by atoms with Crippen molar-refractivity contribution in [2.24, 2.45) is 7.05 Å². The smallest absolute Gasteiger partial charge is 0.331 e. The van der Waals surface area contributed by atoms with Crippen molar-refractivity contribution in [2.75, 3.05) is 29.9 Å². The standard InChI is InChI=1S/C25H27N7O4/c1-4-26-20-13-19-17(12-22(20)32(35)36)23(28-14-27-19)30-9-7-16(8-10-30)31-24(33)18-11-15(2)5-6-21(18)29(3)25(31)34/h5-6,11-14,16,26H,4,7-10H2,1-3H3. The van der Waals surface area contributed by atoms with Gasteiger partial charge in [0.05, 0.1) is 21.3 Å². The van der Waals surface area contributed by atoms with Crippen molar-refractivity contribution in [2.45, 2.75) is 32.7 Å². The molecule has 1 saturated heterocycles. The van der Waals surface area contributed by atoms with Crippen LogP contribution < -0.4 is 21.5 Å². The highest BCUT2D eigenvalue weighted by Crippen LogP contribution is 2.34. The topological polar surface area (TPSA) is 128 Å². The minimum Gasteiger partial charge on any atom is -0.380 e. The lowest BCUT2D eigenvalue weighted by Crippen LogP contribution is -2.45. The predicted octanol–water partition coefficient (Wildman–Crippen LogP) is 3.13. The Morgan fingerprint density at radius 1 is 1.11 bits per heavy atom. The van der Waals surface area contributed by atoms with Crippen molar-refractivity contribution in [3.8, 4) is 0 Å². The van der Waals surface area contributed by atoms with Crippen molar-refractivity contribution in [1.29, 1.82) is 0 Å². The number of aromatic nitrogens is 4. The average molecular weight is 490 g/mol. The number of anilines is 2. The molecule has 186 valence electrons. The van der Waals surface area contributed by atoms with Gasteiger partial charge in [-0.1, -0.05) is 11.6 Å². The molecular formula is C25H27N7O4. The number of rotatable bonds is 5. The monoisotopic (exact) mass is 489 g/mol. The van der Waals surface area contributed by atoms with Crippen LogP contribution >= 0.6 is 0 Å². The maximum absolute atomic E-state index is 13.3. The van der Waals surface area contributed by atoms with Gasteiger partial charge in [0.15, 0.2) is 0 Å². The third kappa shape index (κ3) is 3.86. The number of nitro groups is 1. The molecule has 0 spiro atoms. The van der Waals surface area contributed by atoms with Gasteiger partial charge < -0.3 is 10.2 Å². The Morgan fingerprint density at radius 2 is 1.86 bits per heavy atom. The van der Waals surface area contributed by atoms with Crippen LogP contribution in [0.15, 0.2) is 46.2 Å². The fourth-order valence-electron chi connectivity index (χ4n) is 5.07. The van der Waals surface area contributed by atoms with E-state index in [1.54, 1.807) is 19.2 Å². The van der Waals surface area contributed by atoms with Crippen LogP contribution in [-0.2, 0) is 7.05 Å². The van der Waals surface area contributed by atoms with Gasteiger partial charge in [-0.15, -0.1) is 0 Å². The summed E-state index contributed by atoms with van der Waals surface area (Å²) in [6.45, 7) is 5.43. The van der Waals surface area contributed by atoms with Crippen LogP contribution in [0.25, 0.3) is 21.8 Å². The molecule has 0 aliphatic carbocycles. The summed E-state index contributed by atoms with van der Waals surface area (Å²) in [5, 5.41) is 15.8. The highest BCUT2D eigenvalue weighted by atomic mass is 16.6. The minimum absolute atomic E-state index is 0.0307. The van der Waals surface area contributed by atoms with Gasteiger partial charge in [-0.2, -0.15) is 0 Å².